The van der Waals surface area contributed by atoms with Crippen LogP contribution in [0, 0.1) is 0 Å². The first-order valence-corrected chi connectivity index (χ1v) is 6.39. The normalized spacial score (nSPS) is 10.8. The van der Waals surface area contributed by atoms with E-state index in [1.807, 2.05) is 12.1 Å². The van der Waals surface area contributed by atoms with Crippen LogP contribution in [0.15, 0.2) is 24.3 Å². The predicted molar refractivity (Wildman–Crippen MR) is 72.7 cm³/mol. The van der Waals surface area contributed by atoms with Gasteiger partial charge in [0.1, 0.15) is 0 Å². The summed E-state index contributed by atoms with van der Waals surface area (Å²) in [6, 6.07) is 7.19. The monoisotopic (exact) mass is 297 g/mol. The van der Waals surface area contributed by atoms with E-state index < -0.39 is 0 Å². The largest absolute Gasteiger partial charge is 0.338 e. The fourth-order valence-electron chi connectivity index (χ4n) is 1.37. The van der Waals surface area contributed by atoms with E-state index in [9.17, 15) is 0 Å². The van der Waals surface area contributed by atoms with Crippen molar-refractivity contribution < 1.29 is 0 Å². The maximum atomic E-state index is 6.02. The van der Waals surface area contributed by atoms with Gasteiger partial charge < -0.3 is 5.32 Å². The summed E-state index contributed by atoms with van der Waals surface area (Å²) in [5, 5.41) is 3.97. The Hall–Kier alpha value is -1.50. The fraction of sp³-hybridized carbons (Fsp3) is 0. The lowest BCUT2D eigenvalue weighted by Crippen LogP contribution is -1.97. The Morgan fingerprint density at radius 2 is 1.61 bits per heavy atom. The molecular formula is C10H5Cl2N5S. The van der Waals surface area contributed by atoms with Crippen LogP contribution in [0.4, 0.5) is 11.5 Å². The lowest BCUT2D eigenvalue weighted by molar-refractivity contribution is 1.25. The SMILES string of the molecule is Clc1ccc(Nc2nc3nsnc3nc2Cl)cc1. The van der Waals surface area contributed by atoms with Gasteiger partial charge in [-0.15, -0.1) is 0 Å². The van der Waals surface area contributed by atoms with Gasteiger partial charge in [-0.3, -0.25) is 0 Å². The molecule has 0 saturated carbocycles. The van der Waals surface area contributed by atoms with E-state index >= 15 is 0 Å². The smallest absolute Gasteiger partial charge is 0.214 e. The van der Waals surface area contributed by atoms with Gasteiger partial charge in [-0.1, -0.05) is 23.2 Å². The van der Waals surface area contributed by atoms with Crippen LogP contribution in [0.25, 0.3) is 11.3 Å². The molecule has 0 saturated heterocycles. The zero-order chi connectivity index (χ0) is 12.5. The minimum absolute atomic E-state index is 0.255. The molecule has 0 atom stereocenters. The van der Waals surface area contributed by atoms with Gasteiger partial charge in [0.25, 0.3) is 0 Å². The standard InChI is InChI=1S/C10H5Cl2N5S/c11-5-1-3-6(4-2-5)13-8-7(12)14-9-10(15-8)17-18-16-9/h1-4H,(H,13,15,17). The molecule has 18 heavy (non-hydrogen) atoms. The number of benzene rings is 1. The first-order chi connectivity index (χ1) is 8.72. The van der Waals surface area contributed by atoms with Crippen molar-refractivity contribution in [1.82, 2.24) is 18.7 Å². The third-order valence-electron chi connectivity index (χ3n) is 2.18. The van der Waals surface area contributed by atoms with Crippen LogP contribution < -0.4 is 5.32 Å². The van der Waals surface area contributed by atoms with E-state index in [-0.39, 0.29) is 5.15 Å². The molecule has 0 aliphatic heterocycles. The maximum Gasteiger partial charge on any atom is 0.214 e. The first-order valence-electron chi connectivity index (χ1n) is 4.91. The predicted octanol–water partition coefficient (Wildman–Crippen LogP) is 3.53. The molecule has 90 valence electrons. The molecule has 3 aromatic rings. The van der Waals surface area contributed by atoms with Gasteiger partial charge in [0.15, 0.2) is 11.0 Å². The molecule has 8 heteroatoms. The Bertz CT molecular complexity index is 697. The summed E-state index contributed by atoms with van der Waals surface area (Å²) in [6.07, 6.45) is 0. The number of hydrogen-bond acceptors (Lipinski definition) is 6. The minimum Gasteiger partial charge on any atom is -0.338 e. The van der Waals surface area contributed by atoms with Crippen molar-refractivity contribution in [3.05, 3.63) is 34.4 Å². The quantitative estimate of drug-likeness (QED) is 0.784. The number of fused-ring (bicyclic) bond motifs is 1. The van der Waals surface area contributed by atoms with Crippen LogP contribution in [0.3, 0.4) is 0 Å². The number of anilines is 2. The Morgan fingerprint density at radius 1 is 0.944 bits per heavy atom. The second-order valence-electron chi connectivity index (χ2n) is 3.41. The molecule has 0 aliphatic carbocycles. The van der Waals surface area contributed by atoms with Crippen molar-refractivity contribution in [2.24, 2.45) is 0 Å². The Morgan fingerprint density at radius 3 is 2.33 bits per heavy atom. The molecule has 1 N–H and O–H groups in total. The second kappa shape index (κ2) is 4.64. The summed E-state index contributed by atoms with van der Waals surface area (Å²) in [5.41, 5.74) is 1.74. The van der Waals surface area contributed by atoms with Crippen molar-refractivity contribution in [3.8, 4) is 0 Å². The minimum atomic E-state index is 0.255. The maximum absolute atomic E-state index is 6.02. The molecule has 2 heterocycles. The second-order valence-corrected chi connectivity index (χ2v) is 4.73. The average Bonchev–Trinajstić information content (AvgIpc) is 2.79. The summed E-state index contributed by atoms with van der Waals surface area (Å²) in [6.45, 7) is 0. The van der Waals surface area contributed by atoms with Gasteiger partial charge in [0.2, 0.25) is 11.3 Å². The number of rotatable bonds is 2. The summed E-state index contributed by atoms with van der Waals surface area (Å²) < 4.78 is 7.98. The number of nitrogens with one attached hydrogen (secondary N) is 1. The molecule has 5 nitrogen and oxygen atoms in total. The summed E-state index contributed by atoms with van der Waals surface area (Å²) in [4.78, 5) is 8.35. The highest BCUT2D eigenvalue weighted by atomic mass is 35.5. The highest BCUT2D eigenvalue weighted by Gasteiger charge is 2.09. The molecule has 0 bridgehead atoms. The van der Waals surface area contributed by atoms with Gasteiger partial charge in [-0.05, 0) is 24.3 Å². The Balaban J connectivity index is 1.98. The third kappa shape index (κ3) is 2.22. The van der Waals surface area contributed by atoms with E-state index in [0.29, 0.717) is 22.1 Å². The van der Waals surface area contributed by atoms with E-state index in [0.717, 1.165) is 17.4 Å². The zero-order valence-corrected chi connectivity index (χ0v) is 11.1. The molecule has 2 aromatic heterocycles. The molecule has 0 fully saturated rings. The van der Waals surface area contributed by atoms with E-state index in [1.165, 1.54) is 0 Å². The molecule has 0 aliphatic rings. The van der Waals surface area contributed by atoms with Crippen LogP contribution in [0.1, 0.15) is 0 Å². The van der Waals surface area contributed by atoms with Crippen LogP contribution in [0.5, 0.6) is 0 Å². The molecule has 0 spiro atoms. The van der Waals surface area contributed by atoms with E-state index in [2.05, 4.69) is 24.0 Å². The molecule has 0 radical (unpaired) electrons. The summed E-state index contributed by atoms with van der Waals surface area (Å²) >= 11 is 12.9. The van der Waals surface area contributed by atoms with Crippen molar-refractivity contribution in [2.75, 3.05) is 5.32 Å². The molecule has 1 aromatic carbocycles. The van der Waals surface area contributed by atoms with Gasteiger partial charge in [-0.2, -0.15) is 8.75 Å². The third-order valence-corrected chi connectivity index (χ3v) is 3.20. The number of aromatic nitrogens is 4. The lowest BCUT2D eigenvalue weighted by Gasteiger charge is -2.06. The highest BCUT2D eigenvalue weighted by Crippen LogP contribution is 2.24. The van der Waals surface area contributed by atoms with Crippen LogP contribution in [0.2, 0.25) is 10.2 Å². The van der Waals surface area contributed by atoms with Crippen molar-refractivity contribution in [1.29, 1.82) is 0 Å². The lowest BCUT2D eigenvalue weighted by atomic mass is 10.3. The number of hydrogen-bond donors (Lipinski definition) is 1. The fourth-order valence-corrected chi connectivity index (χ4v) is 2.10. The van der Waals surface area contributed by atoms with E-state index in [1.54, 1.807) is 12.1 Å². The number of halogens is 2. The Kier molecular flexibility index (Phi) is 2.99. The highest BCUT2D eigenvalue weighted by molar-refractivity contribution is 6.99. The average molecular weight is 298 g/mol. The molecule has 0 amide bonds. The zero-order valence-electron chi connectivity index (χ0n) is 8.76. The van der Waals surface area contributed by atoms with Gasteiger partial charge in [0, 0.05) is 10.7 Å². The molecule has 3 rings (SSSR count). The van der Waals surface area contributed by atoms with Crippen molar-refractivity contribution >= 4 is 57.7 Å². The molecular weight excluding hydrogens is 293 g/mol. The van der Waals surface area contributed by atoms with Gasteiger partial charge >= 0.3 is 0 Å². The van der Waals surface area contributed by atoms with Crippen LogP contribution in [-0.4, -0.2) is 18.7 Å². The van der Waals surface area contributed by atoms with Gasteiger partial charge in [0.05, 0.1) is 11.7 Å². The number of nitrogens with zero attached hydrogens (tertiary/aromatic N) is 4. The van der Waals surface area contributed by atoms with Gasteiger partial charge in [-0.25, -0.2) is 9.97 Å². The van der Waals surface area contributed by atoms with Crippen LogP contribution >= 0.6 is 34.9 Å². The summed E-state index contributed by atoms with van der Waals surface area (Å²) in [5.74, 6) is 0.444. The van der Waals surface area contributed by atoms with Crippen molar-refractivity contribution in [2.45, 2.75) is 0 Å². The van der Waals surface area contributed by atoms with Crippen molar-refractivity contribution in [3.63, 3.8) is 0 Å². The topological polar surface area (TPSA) is 63.6 Å². The first kappa shape index (κ1) is 11.6. The van der Waals surface area contributed by atoms with Crippen LogP contribution in [-0.2, 0) is 0 Å². The van der Waals surface area contributed by atoms with E-state index in [4.69, 9.17) is 23.2 Å². The Labute approximate surface area is 116 Å². The molecule has 0 unspecified atom stereocenters. The summed E-state index contributed by atoms with van der Waals surface area (Å²) in [7, 11) is 0.